The molecule has 0 spiro atoms. The van der Waals surface area contributed by atoms with Crippen LogP contribution in [0.4, 0.5) is 34.1 Å². The van der Waals surface area contributed by atoms with Crippen molar-refractivity contribution in [3.8, 4) is 11.1 Å². The molecule has 410 valence electrons. The van der Waals surface area contributed by atoms with Gasteiger partial charge in [-0.2, -0.15) is 0 Å². The summed E-state index contributed by atoms with van der Waals surface area (Å²) >= 11 is 2.06. The van der Waals surface area contributed by atoms with Gasteiger partial charge in [-0.15, -0.1) is 11.3 Å². The Morgan fingerprint density at radius 2 is 0.924 bits per heavy atom. The molecule has 0 radical (unpaired) electrons. The second kappa shape index (κ2) is 16.6. The number of benzene rings is 6. The van der Waals surface area contributed by atoms with Crippen LogP contribution in [-0.4, -0.2) is 6.71 Å². The third kappa shape index (κ3) is 7.80. The van der Waals surface area contributed by atoms with Crippen molar-refractivity contribution in [1.29, 1.82) is 0 Å². The molecule has 7 aromatic rings. The van der Waals surface area contributed by atoms with Crippen LogP contribution in [0.15, 0.2) is 91.0 Å². The molecule has 3 heterocycles. The van der Waals surface area contributed by atoms with Crippen LogP contribution >= 0.6 is 11.3 Å². The first kappa shape index (κ1) is 53.3. The fraction of sp³-hybridized carbons (Fsp3) is 0.493. The van der Waals surface area contributed by atoms with Gasteiger partial charge in [0.05, 0.1) is 11.4 Å². The van der Waals surface area contributed by atoms with Crippen LogP contribution in [0.2, 0.25) is 0 Å². The topological polar surface area (TPSA) is 6.48 Å². The van der Waals surface area contributed by atoms with Crippen molar-refractivity contribution in [3.05, 3.63) is 147 Å². The molecule has 2 nitrogen and oxygen atoms in total. The number of hydrogen-bond acceptors (Lipinski definition) is 3. The average molecular weight is 1060 g/mol. The van der Waals surface area contributed by atoms with E-state index in [4.69, 9.17) is 0 Å². The third-order valence-electron chi connectivity index (χ3n) is 22.1. The van der Waals surface area contributed by atoms with Gasteiger partial charge in [-0.1, -0.05) is 168 Å². The second-order valence-electron chi connectivity index (χ2n) is 32.5. The molecule has 0 saturated heterocycles. The zero-order valence-corrected chi connectivity index (χ0v) is 53.0. The Morgan fingerprint density at radius 1 is 0.430 bits per heavy atom. The zero-order valence-electron chi connectivity index (χ0n) is 52.2. The molecule has 0 amide bonds. The van der Waals surface area contributed by atoms with E-state index in [0.29, 0.717) is 0 Å². The Morgan fingerprint density at radius 3 is 1.51 bits per heavy atom. The fourth-order valence-electron chi connectivity index (χ4n) is 16.3. The zero-order chi connectivity index (χ0) is 56.5. The number of fused-ring (bicyclic) bond motifs is 10. The van der Waals surface area contributed by atoms with E-state index in [2.05, 4.69) is 251 Å². The van der Waals surface area contributed by atoms with Crippen LogP contribution < -0.4 is 25.5 Å². The van der Waals surface area contributed by atoms with Gasteiger partial charge in [0.1, 0.15) is 0 Å². The number of aryl methyl sites for hydroxylation is 1. The molecule has 4 heteroatoms. The first-order valence-electron chi connectivity index (χ1n) is 30.6. The average Bonchev–Trinajstić information content (AvgIpc) is 2.26. The van der Waals surface area contributed by atoms with Gasteiger partial charge in [-0.05, 0) is 234 Å². The SMILES string of the molecule is Cc1cc2c3c(c1)N(c1ccc4c(c1)C(C)(C)CCC4(C)C)c1c(sc4ccc(C(C)(C)C)cc14)B3c1cc3c(cc1N2c1cc2c(cc1-c1cccc4c1C(C)(C)CCC4(C)C)C(C)(C)CCC2(C)C)C(C)(C)CCC3(C)C. The molecule has 79 heavy (non-hydrogen) atoms. The van der Waals surface area contributed by atoms with Crippen molar-refractivity contribution in [2.45, 2.75) is 239 Å². The highest BCUT2D eigenvalue weighted by Gasteiger charge is 2.50. The van der Waals surface area contributed by atoms with Gasteiger partial charge in [0.15, 0.2) is 0 Å². The number of hydrogen-bond donors (Lipinski definition) is 0. The standard InChI is InChI=1S/C75H91BN2S/c1-44-36-60-64-61(37-44)78(58-42-55-53(71(11,12)30-32-73(55,15)16)40-48(58)47-22-21-23-51-63(47)75(19,20)35-34-69(51,7)8)59-43-56-54(72(13,14)31-33-74(56,17)18)41-57(59)76(64)66-65(49-38-45(67(2,3)4)24-27-62(49)79-66)77(60)46-25-26-50-52(39-46)70(9,10)29-28-68(50,5)6/h21-27,36-43H,28-35H2,1-20H3. The summed E-state index contributed by atoms with van der Waals surface area (Å²) in [5, 5.41) is 1.38. The third-order valence-corrected chi connectivity index (χ3v) is 23.3. The molecule has 6 aromatic carbocycles. The van der Waals surface area contributed by atoms with E-state index in [1.54, 1.807) is 5.56 Å². The lowest BCUT2D eigenvalue weighted by Gasteiger charge is -2.48. The number of thiophene rings is 1. The molecular weight excluding hydrogens is 972 g/mol. The first-order chi connectivity index (χ1) is 36.6. The maximum atomic E-state index is 2.86. The summed E-state index contributed by atoms with van der Waals surface area (Å²) in [5.74, 6) is 0. The normalized spacial score (nSPS) is 21.7. The van der Waals surface area contributed by atoms with E-state index >= 15 is 0 Å². The predicted molar refractivity (Wildman–Crippen MR) is 346 cm³/mol. The fourth-order valence-corrected chi connectivity index (χ4v) is 17.6. The summed E-state index contributed by atoms with van der Waals surface area (Å²) in [4.78, 5) is 5.63. The molecule has 6 aliphatic rings. The molecule has 0 N–H and O–H groups in total. The van der Waals surface area contributed by atoms with Gasteiger partial charge >= 0.3 is 0 Å². The highest BCUT2D eigenvalue weighted by atomic mass is 32.1. The van der Waals surface area contributed by atoms with Gasteiger partial charge < -0.3 is 9.80 Å². The molecule has 0 saturated carbocycles. The lowest BCUT2D eigenvalue weighted by Crippen LogP contribution is -2.61. The summed E-state index contributed by atoms with van der Waals surface area (Å²) < 4.78 is 2.84. The Hall–Kier alpha value is -5.06. The minimum absolute atomic E-state index is 0.000314. The van der Waals surface area contributed by atoms with Crippen molar-refractivity contribution in [1.82, 2.24) is 0 Å². The van der Waals surface area contributed by atoms with Crippen LogP contribution in [-0.2, 0) is 48.7 Å². The van der Waals surface area contributed by atoms with Crippen molar-refractivity contribution in [2.75, 3.05) is 9.80 Å². The quantitative estimate of drug-likeness (QED) is 0.163. The van der Waals surface area contributed by atoms with E-state index in [-0.39, 0.29) is 55.4 Å². The predicted octanol–water partition coefficient (Wildman–Crippen LogP) is 19.7. The molecule has 0 bridgehead atoms. The summed E-state index contributed by atoms with van der Waals surface area (Å²) in [5.41, 5.74) is 28.9. The Balaban J connectivity index is 1.20. The van der Waals surface area contributed by atoms with Gasteiger partial charge in [-0.25, -0.2) is 0 Å². The molecule has 0 unspecified atom stereocenters. The molecule has 0 fully saturated rings. The van der Waals surface area contributed by atoms with Crippen LogP contribution in [0.1, 0.15) is 239 Å². The lowest BCUT2D eigenvalue weighted by molar-refractivity contribution is 0.331. The molecule has 4 aliphatic carbocycles. The van der Waals surface area contributed by atoms with Crippen molar-refractivity contribution < 1.29 is 0 Å². The van der Waals surface area contributed by atoms with Gasteiger partial charge in [0, 0.05) is 43.2 Å². The van der Waals surface area contributed by atoms with Crippen molar-refractivity contribution in [2.24, 2.45) is 0 Å². The maximum Gasteiger partial charge on any atom is 0.264 e. The first-order valence-corrected chi connectivity index (χ1v) is 31.4. The van der Waals surface area contributed by atoms with Gasteiger partial charge in [0.25, 0.3) is 6.71 Å². The minimum Gasteiger partial charge on any atom is -0.311 e. The number of anilines is 6. The van der Waals surface area contributed by atoms with Crippen molar-refractivity contribution >= 4 is 78.0 Å². The molecule has 1 aromatic heterocycles. The van der Waals surface area contributed by atoms with Gasteiger partial charge in [-0.3, -0.25) is 0 Å². The highest BCUT2D eigenvalue weighted by Crippen LogP contribution is 2.59. The van der Waals surface area contributed by atoms with Crippen LogP contribution in [0.5, 0.6) is 0 Å². The Labute approximate surface area is 481 Å². The maximum absolute atomic E-state index is 2.86. The molecular formula is C75H91BN2S. The van der Waals surface area contributed by atoms with E-state index in [1.165, 1.54) is 172 Å². The second-order valence-corrected chi connectivity index (χ2v) is 33.6. The lowest BCUT2D eigenvalue weighted by atomic mass is 9.35. The molecule has 0 atom stereocenters. The Kier molecular flexibility index (Phi) is 11.2. The minimum atomic E-state index is 0.000314. The number of rotatable bonds is 3. The summed E-state index contributed by atoms with van der Waals surface area (Å²) in [6.07, 6.45) is 9.43. The monoisotopic (exact) mass is 1060 g/mol. The van der Waals surface area contributed by atoms with Gasteiger partial charge in [0.2, 0.25) is 0 Å². The van der Waals surface area contributed by atoms with Crippen LogP contribution in [0.3, 0.4) is 0 Å². The summed E-state index contributed by atoms with van der Waals surface area (Å²) in [7, 11) is 0. The summed E-state index contributed by atoms with van der Waals surface area (Å²) in [6.45, 7) is 49.8. The van der Waals surface area contributed by atoms with Crippen LogP contribution in [0.25, 0.3) is 21.2 Å². The van der Waals surface area contributed by atoms with Crippen LogP contribution in [0, 0.1) is 6.92 Å². The highest BCUT2D eigenvalue weighted by molar-refractivity contribution is 7.33. The van der Waals surface area contributed by atoms with E-state index < -0.39 is 0 Å². The largest absolute Gasteiger partial charge is 0.311 e. The molecule has 13 rings (SSSR count). The van der Waals surface area contributed by atoms with E-state index in [9.17, 15) is 0 Å². The van der Waals surface area contributed by atoms with E-state index in [1.807, 2.05) is 0 Å². The number of nitrogens with zero attached hydrogens (tertiary/aromatic N) is 2. The van der Waals surface area contributed by atoms with E-state index in [0.717, 1.165) is 0 Å². The smallest absolute Gasteiger partial charge is 0.264 e. The Bertz CT molecular complexity index is 3760. The molecule has 2 aliphatic heterocycles. The van der Waals surface area contributed by atoms with Crippen molar-refractivity contribution in [3.63, 3.8) is 0 Å². The summed E-state index contributed by atoms with van der Waals surface area (Å²) in [6, 6.07) is 38.7.